The molecule has 0 fully saturated rings. The number of carbonyl (C=O) groups excluding carboxylic acids is 1. The maximum Gasteiger partial charge on any atom is 0.281 e. The normalized spacial score (nSPS) is 10.1. The quantitative estimate of drug-likeness (QED) is 0.273. The van der Waals surface area contributed by atoms with E-state index in [0.29, 0.717) is 8.59 Å². The van der Waals surface area contributed by atoms with E-state index >= 15 is 0 Å². The fourth-order valence-corrected chi connectivity index (χ4v) is 1.74. The zero-order chi connectivity index (χ0) is 11.6. The number of ketones is 1. The van der Waals surface area contributed by atoms with Crippen molar-refractivity contribution in [3.63, 3.8) is 0 Å². The van der Waals surface area contributed by atoms with Gasteiger partial charge in [-0.15, -0.1) is 11.6 Å². The molecule has 0 aliphatic carbocycles. The molecular weight excluding hydrogens is 356 g/mol. The lowest BCUT2D eigenvalue weighted by Crippen LogP contribution is -2.05. The Bertz CT molecular complexity index is 436. The molecule has 0 atom stereocenters. The van der Waals surface area contributed by atoms with E-state index in [4.69, 9.17) is 23.2 Å². The lowest BCUT2D eigenvalue weighted by molar-refractivity contribution is -0.385. The van der Waals surface area contributed by atoms with Crippen molar-refractivity contribution in [2.75, 3.05) is 5.88 Å². The number of alkyl halides is 1. The van der Waals surface area contributed by atoms with Crippen LogP contribution in [0.5, 0.6) is 0 Å². The zero-order valence-corrected chi connectivity index (χ0v) is 10.8. The van der Waals surface area contributed by atoms with Gasteiger partial charge in [-0.25, -0.2) is 0 Å². The van der Waals surface area contributed by atoms with E-state index in [1.165, 1.54) is 12.1 Å². The Labute approximate surface area is 109 Å². The van der Waals surface area contributed by atoms with Crippen LogP contribution in [0.4, 0.5) is 5.69 Å². The van der Waals surface area contributed by atoms with Gasteiger partial charge in [0.25, 0.3) is 5.69 Å². The molecule has 0 radical (unpaired) electrons. The molecule has 1 rings (SSSR count). The summed E-state index contributed by atoms with van der Waals surface area (Å²) in [6.07, 6.45) is 0. The van der Waals surface area contributed by atoms with Gasteiger partial charge in [0.15, 0.2) is 5.78 Å². The number of Topliss-reactive ketones (excluding diaryl/α,β-unsaturated/α-hetero) is 1. The van der Waals surface area contributed by atoms with E-state index in [1.807, 2.05) is 22.6 Å². The van der Waals surface area contributed by atoms with Crippen LogP contribution in [-0.2, 0) is 0 Å². The number of benzene rings is 1. The summed E-state index contributed by atoms with van der Waals surface area (Å²) in [6.45, 7) is 0. The van der Waals surface area contributed by atoms with Crippen molar-refractivity contribution in [2.45, 2.75) is 0 Å². The third-order valence-corrected chi connectivity index (χ3v) is 3.42. The van der Waals surface area contributed by atoms with Gasteiger partial charge in [0.2, 0.25) is 0 Å². The number of nitrogens with zero attached hydrogens (tertiary/aromatic N) is 1. The maximum atomic E-state index is 11.3. The summed E-state index contributed by atoms with van der Waals surface area (Å²) in [5.41, 5.74) is -0.324. The highest BCUT2D eigenvalue weighted by molar-refractivity contribution is 14.1. The highest BCUT2D eigenvalue weighted by Gasteiger charge is 2.21. The predicted octanol–water partition coefficient (Wildman–Crippen LogP) is 3.27. The van der Waals surface area contributed by atoms with Gasteiger partial charge in [-0.05, 0) is 28.7 Å². The van der Waals surface area contributed by atoms with Gasteiger partial charge in [-0.3, -0.25) is 14.9 Å². The first-order chi connectivity index (χ1) is 6.97. The standard InChI is InChI=1S/C8H4Cl2INO3/c9-3-8(13)4-1-5(10)6(11)2-7(4)12(14)15/h1-2H,3H2. The summed E-state index contributed by atoms with van der Waals surface area (Å²) in [5.74, 6) is -0.820. The summed E-state index contributed by atoms with van der Waals surface area (Å²) >= 11 is 13.0. The molecule has 1 aromatic carbocycles. The molecule has 80 valence electrons. The minimum atomic E-state index is -0.627. The van der Waals surface area contributed by atoms with Gasteiger partial charge in [0.05, 0.1) is 21.4 Å². The Kier molecular flexibility index (Phi) is 4.30. The number of rotatable bonds is 3. The Morgan fingerprint density at radius 3 is 2.60 bits per heavy atom. The zero-order valence-electron chi connectivity index (χ0n) is 7.17. The van der Waals surface area contributed by atoms with Gasteiger partial charge < -0.3 is 0 Å². The molecule has 15 heavy (non-hydrogen) atoms. The fraction of sp³-hybridized carbons (Fsp3) is 0.125. The molecule has 0 saturated carbocycles. The summed E-state index contributed by atoms with van der Waals surface area (Å²) in [7, 11) is 0. The molecule has 7 heteroatoms. The van der Waals surface area contributed by atoms with Gasteiger partial charge in [0.1, 0.15) is 0 Å². The lowest BCUT2D eigenvalue weighted by atomic mass is 10.1. The minimum absolute atomic E-state index is 0.0552. The first-order valence-electron chi connectivity index (χ1n) is 3.70. The summed E-state index contributed by atoms with van der Waals surface area (Å²) in [5, 5.41) is 11.0. The van der Waals surface area contributed by atoms with Crippen molar-refractivity contribution in [3.05, 3.63) is 36.4 Å². The molecule has 0 amide bonds. The Balaban J connectivity index is 3.41. The van der Waals surface area contributed by atoms with Crippen molar-refractivity contribution in [1.29, 1.82) is 0 Å². The van der Waals surface area contributed by atoms with Crippen molar-refractivity contribution < 1.29 is 9.72 Å². The van der Waals surface area contributed by atoms with Crippen LogP contribution in [0, 0.1) is 13.7 Å². The van der Waals surface area contributed by atoms with E-state index in [9.17, 15) is 14.9 Å². The van der Waals surface area contributed by atoms with Crippen LogP contribution < -0.4 is 0 Å². The van der Waals surface area contributed by atoms with Crippen LogP contribution >= 0.6 is 45.8 Å². The monoisotopic (exact) mass is 359 g/mol. The SMILES string of the molecule is O=C(CCl)c1cc(Cl)c(I)cc1[N+](=O)[O-]. The predicted molar refractivity (Wildman–Crippen MR) is 65.9 cm³/mol. The molecule has 4 nitrogen and oxygen atoms in total. The Morgan fingerprint density at radius 2 is 2.13 bits per heavy atom. The summed E-state index contributed by atoms with van der Waals surface area (Å²) < 4.78 is 0.520. The van der Waals surface area contributed by atoms with Crippen molar-refractivity contribution >= 4 is 57.3 Å². The van der Waals surface area contributed by atoms with Crippen LogP contribution in [0.25, 0.3) is 0 Å². The number of carbonyl (C=O) groups is 1. The maximum absolute atomic E-state index is 11.3. The third-order valence-electron chi connectivity index (χ3n) is 1.66. The molecule has 0 heterocycles. The molecule has 0 saturated heterocycles. The Hall–Kier alpha value is -0.400. The molecular formula is C8H4Cl2INO3. The largest absolute Gasteiger partial charge is 0.293 e. The van der Waals surface area contributed by atoms with E-state index in [2.05, 4.69) is 0 Å². The van der Waals surface area contributed by atoms with Crippen LogP contribution in [0.3, 0.4) is 0 Å². The topological polar surface area (TPSA) is 60.2 Å². The van der Waals surface area contributed by atoms with Crippen LogP contribution in [-0.4, -0.2) is 16.6 Å². The molecule has 0 aliphatic heterocycles. The third kappa shape index (κ3) is 2.79. The summed E-state index contributed by atoms with van der Waals surface area (Å²) in [4.78, 5) is 21.3. The highest BCUT2D eigenvalue weighted by atomic mass is 127. The molecule has 0 N–H and O–H groups in total. The van der Waals surface area contributed by atoms with E-state index in [-0.39, 0.29) is 17.1 Å². The average molecular weight is 360 g/mol. The van der Waals surface area contributed by atoms with Gasteiger partial charge in [-0.2, -0.15) is 0 Å². The molecule has 1 aromatic rings. The van der Waals surface area contributed by atoms with Crippen molar-refractivity contribution in [2.24, 2.45) is 0 Å². The van der Waals surface area contributed by atoms with E-state index in [1.54, 1.807) is 0 Å². The molecule has 0 spiro atoms. The first-order valence-corrected chi connectivity index (χ1v) is 5.69. The number of nitro groups is 1. The van der Waals surface area contributed by atoms with E-state index < -0.39 is 10.7 Å². The van der Waals surface area contributed by atoms with Gasteiger partial charge >= 0.3 is 0 Å². The second-order valence-electron chi connectivity index (χ2n) is 2.60. The van der Waals surface area contributed by atoms with Crippen LogP contribution in [0.15, 0.2) is 12.1 Å². The van der Waals surface area contributed by atoms with Crippen molar-refractivity contribution in [1.82, 2.24) is 0 Å². The van der Waals surface area contributed by atoms with Gasteiger partial charge in [-0.1, -0.05) is 11.6 Å². The van der Waals surface area contributed by atoms with Gasteiger partial charge in [0, 0.05) is 9.64 Å². The molecule has 0 unspecified atom stereocenters. The highest BCUT2D eigenvalue weighted by Crippen LogP contribution is 2.28. The second kappa shape index (κ2) is 5.09. The second-order valence-corrected chi connectivity index (χ2v) is 4.43. The number of hydrogen-bond donors (Lipinski definition) is 0. The first kappa shape index (κ1) is 12.7. The molecule has 0 aromatic heterocycles. The number of hydrogen-bond acceptors (Lipinski definition) is 3. The number of halogens is 3. The average Bonchev–Trinajstić information content (AvgIpc) is 2.20. The molecule has 0 aliphatic rings. The van der Waals surface area contributed by atoms with Crippen molar-refractivity contribution in [3.8, 4) is 0 Å². The Morgan fingerprint density at radius 1 is 1.53 bits per heavy atom. The summed E-state index contributed by atoms with van der Waals surface area (Å²) in [6, 6.07) is 2.52. The minimum Gasteiger partial charge on any atom is -0.293 e. The molecule has 0 bridgehead atoms. The van der Waals surface area contributed by atoms with Crippen LogP contribution in [0.2, 0.25) is 5.02 Å². The van der Waals surface area contributed by atoms with Crippen LogP contribution in [0.1, 0.15) is 10.4 Å². The lowest BCUT2D eigenvalue weighted by Gasteiger charge is -2.02. The fourth-order valence-electron chi connectivity index (χ4n) is 0.983. The smallest absolute Gasteiger partial charge is 0.281 e. The van der Waals surface area contributed by atoms with E-state index in [0.717, 1.165) is 0 Å². The number of nitro benzene ring substituents is 1.